The number of benzene rings is 1. The SMILES string of the molecule is Cc1cc(Cl)cc2sc(N3CCN(C)CC3)nc12.Cl. The maximum absolute atomic E-state index is 6.10. The lowest BCUT2D eigenvalue weighted by Crippen LogP contribution is -2.44. The van der Waals surface area contributed by atoms with Crippen molar-refractivity contribution in [3.05, 3.63) is 22.7 Å². The summed E-state index contributed by atoms with van der Waals surface area (Å²) in [5.74, 6) is 0. The van der Waals surface area contributed by atoms with Gasteiger partial charge in [0.15, 0.2) is 5.13 Å². The summed E-state index contributed by atoms with van der Waals surface area (Å²) in [7, 11) is 2.17. The van der Waals surface area contributed by atoms with Crippen molar-refractivity contribution in [3.63, 3.8) is 0 Å². The van der Waals surface area contributed by atoms with E-state index in [0.717, 1.165) is 47.4 Å². The fraction of sp³-hybridized carbons (Fsp3) is 0.462. The number of thiazole rings is 1. The normalized spacial score (nSPS) is 16.7. The van der Waals surface area contributed by atoms with Crippen molar-refractivity contribution >= 4 is 50.7 Å². The van der Waals surface area contributed by atoms with Crippen molar-refractivity contribution in [2.24, 2.45) is 0 Å². The van der Waals surface area contributed by atoms with Gasteiger partial charge in [0.25, 0.3) is 0 Å². The van der Waals surface area contributed by atoms with Crippen LogP contribution < -0.4 is 4.90 Å². The molecule has 1 aliphatic heterocycles. The van der Waals surface area contributed by atoms with Gasteiger partial charge in [0.1, 0.15) is 0 Å². The number of rotatable bonds is 1. The third kappa shape index (κ3) is 2.97. The van der Waals surface area contributed by atoms with Crippen LogP contribution in [0.4, 0.5) is 5.13 Å². The Hall–Kier alpha value is -0.550. The summed E-state index contributed by atoms with van der Waals surface area (Å²) in [6, 6.07) is 4.00. The van der Waals surface area contributed by atoms with Crippen LogP contribution in [0.3, 0.4) is 0 Å². The number of nitrogens with zero attached hydrogens (tertiary/aromatic N) is 3. The number of halogens is 2. The van der Waals surface area contributed by atoms with Crippen LogP contribution in [0.2, 0.25) is 5.02 Å². The van der Waals surface area contributed by atoms with E-state index in [0.29, 0.717) is 0 Å². The zero-order valence-corrected chi connectivity index (χ0v) is 13.4. The second-order valence-corrected chi connectivity index (χ2v) is 6.30. The average molecular weight is 318 g/mol. The highest BCUT2D eigenvalue weighted by atomic mass is 35.5. The summed E-state index contributed by atoms with van der Waals surface area (Å²) >= 11 is 7.84. The highest BCUT2D eigenvalue weighted by Gasteiger charge is 2.18. The number of anilines is 1. The van der Waals surface area contributed by atoms with Crippen molar-refractivity contribution in [3.8, 4) is 0 Å². The monoisotopic (exact) mass is 317 g/mol. The Labute approximate surface area is 128 Å². The minimum absolute atomic E-state index is 0. The highest BCUT2D eigenvalue weighted by molar-refractivity contribution is 7.22. The molecule has 1 aliphatic rings. The fourth-order valence-electron chi connectivity index (χ4n) is 2.28. The molecule has 0 bridgehead atoms. The van der Waals surface area contributed by atoms with Gasteiger partial charge in [-0.25, -0.2) is 4.98 Å². The number of aryl methyl sites for hydroxylation is 1. The highest BCUT2D eigenvalue weighted by Crippen LogP contribution is 2.33. The molecule has 0 amide bonds. The topological polar surface area (TPSA) is 19.4 Å². The van der Waals surface area contributed by atoms with E-state index in [9.17, 15) is 0 Å². The lowest BCUT2D eigenvalue weighted by atomic mass is 10.2. The van der Waals surface area contributed by atoms with Crippen molar-refractivity contribution in [1.29, 1.82) is 0 Å². The molecule has 0 spiro atoms. The molecule has 0 aliphatic carbocycles. The first-order valence-corrected chi connectivity index (χ1v) is 7.33. The van der Waals surface area contributed by atoms with E-state index in [1.165, 1.54) is 4.70 Å². The Morgan fingerprint density at radius 2 is 1.89 bits per heavy atom. The molecule has 3 nitrogen and oxygen atoms in total. The third-order valence-electron chi connectivity index (χ3n) is 3.41. The number of fused-ring (bicyclic) bond motifs is 1. The molecule has 0 saturated carbocycles. The van der Waals surface area contributed by atoms with Gasteiger partial charge in [-0.1, -0.05) is 22.9 Å². The summed E-state index contributed by atoms with van der Waals surface area (Å²) in [5.41, 5.74) is 2.26. The molecule has 0 N–H and O–H groups in total. The van der Waals surface area contributed by atoms with Gasteiger partial charge < -0.3 is 9.80 Å². The van der Waals surface area contributed by atoms with Gasteiger partial charge in [0.05, 0.1) is 10.2 Å². The van der Waals surface area contributed by atoms with E-state index < -0.39 is 0 Å². The van der Waals surface area contributed by atoms with Gasteiger partial charge in [-0.15, -0.1) is 12.4 Å². The predicted molar refractivity (Wildman–Crippen MR) is 86.3 cm³/mol. The van der Waals surface area contributed by atoms with Crippen LogP contribution >= 0.6 is 35.3 Å². The minimum Gasteiger partial charge on any atom is -0.345 e. The van der Waals surface area contributed by atoms with Crippen LogP contribution in [0.15, 0.2) is 12.1 Å². The Kier molecular flexibility index (Phi) is 4.56. The van der Waals surface area contributed by atoms with E-state index in [4.69, 9.17) is 16.6 Å². The molecule has 1 aromatic heterocycles. The second kappa shape index (κ2) is 5.83. The molecule has 19 heavy (non-hydrogen) atoms. The summed E-state index contributed by atoms with van der Waals surface area (Å²) < 4.78 is 1.19. The van der Waals surface area contributed by atoms with E-state index in [-0.39, 0.29) is 12.4 Å². The molecule has 1 aromatic carbocycles. The molecule has 0 atom stereocenters. The van der Waals surface area contributed by atoms with Crippen molar-refractivity contribution in [2.45, 2.75) is 6.92 Å². The van der Waals surface area contributed by atoms with Crippen LogP contribution in [0, 0.1) is 6.92 Å². The zero-order valence-electron chi connectivity index (χ0n) is 11.0. The number of aromatic nitrogens is 1. The largest absolute Gasteiger partial charge is 0.345 e. The first-order valence-electron chi connectivity index (χ1n) is 6.13. The maximum Gasteiger partial charge on any atom is 0.186 e. The molecule has 3 rings (SSSR count). The zero-order chi connectivity index (χ0) is 12.7. The summed E-state index contributed by atoms with van der Waals surface area (Å²) in [5, 5.41) is 1.93. The molecule has 6 heteroatoms. The molecule has 2 aromatic rings. The van der Waals surface area contributed by atoms with Crippen LogP contribution in [-0.2, 0) is 0 Å². The Bertz CT molecular complexity index is 577. The van der Waals surface area contributed by atoms with Gasteiger partial charge in [-0.2, -0.15) is 0 Å². The minimum atomic E-state index is 0. The van der Waals surface area contributed by atoms with Gasteiger partial charge in [-0.3, -0.25) is 0 Å². The summed E-state index contributed by atoms with van der Waals surface area (Å²) in [6.07, 6.45) is 0. The molecule has 104 valence electrons. The number of piperazine rings is 1. The first kappa shape index (κ1) is 14.9. The fourth-order valence-corrected chi connectivity index (χ4v) is 3.75. The molecule has 0 radical (unpaired) electrons. The summed E-state index contributed by atoms with van der Waals surface area (Å²) in [6.45, 7) is 6.40. The molecule has 1 fully saturated rings. The first-order chi connectivity index (χ1) is 8.63. The van der Waals surface area contributed by atoms with E-state index >= 15 is 0 Å². The average Bonchev–Trinajstić information content (AvgIpc) is 2.74. The van der Waals surface area contributed by atoms with Crippen LogP contribution in [0.1, 0.15) is 5.56 Å². The summed E-state index contributed by atoms with van der Waals surface area (Å²) in [4.78, 5) is 9.50. The van der Waals surface area contributed by atoms with Crippen LogP contribution in [0.25, 0.3) is 10.2 Å². The number of hydrogen-bond acceptors (Lipinski definition) is 4. The molecule has 0 unspecified atom stereocenters. The molecule has 2 heterocycles. The Morgan fingerprint density at radius 3 is 2.58 bits per heavy atom. The standard InChI is InChI=1S/C13H16ClN3S.ClH/c1-9-7-10(14)8-11-12(9)15-13(18-11)17-5-3-16(2)4-6-17;/h7-8H,3-6H2,1-2H3;1H. The Balaban J connectivity index is 0.00000133. The second-order valence-electron chi connectivity index (χ2n) is 4.86. The van der Waals surface area contributed by atoms with E-state index in [1.54, 1.807) is 11.3 Å². The quantitative estimate of drug-likeness (QED) is 0.803. The van der Waals surface area contributed by atoms with Gasteiger partial charge in [0, 0.05) is 31.2 Å². The maximum atomic E-state index is 6.10. The van der Waals surface area contributed by atoms with Crippen LogP contribution in [0.5, 0.6) is 0 Å². The lowest BCUT2D eigenvalue weighted by molar-refractivity contribution is 0.313. The van der Waals surface area contributed by atoms with Crippen molar-refractivity contribution in [2.75, 3.05) is 38.1 Å². The molecular weight excluding hydrogens is 301 g/mol. The smallest absolute Gasteiger partial charge is 0.186 e. The third-order valence-corrected chi connectivity index (χ3v) is 4.69. The molecule has 1 saturated heterocycles. The van der Waals surface area contributed by atoms with Gasteiger partial charge in [0.2, 0.25) is 0 Å². The molecular formula is C13H17Cl2N3S. The lowest BCUT2D eigenvalue weighted by Gasteiger charge is -2.32. The van der Waals surface area contributed by atoms with Gasteiger partial charge >= 0.3 is 0 Å². The number of hydrogen-bond donors (Lipinski definition) is 0. The van der Waals surface area contributed by atoms with Crippen LogP contribution in [-0.4, -0.2) is 43.1 Å². The van der Waals surface area contributed by atoms with Crippen molar-refractivity contribution < 1.29 is 0 Å². The predicted octanol–water partition coefficient (Wildman–Crippen LogP) is 3.43. The van der Waals surface area contributed by atoms with E-state index in [1.807, 2.05) is 12.1 Å². The number of likely N-dealkylation sites (N-methyl/N-ethyl adjacent to an activating group) is 1. The van der Waals surface area contributed by atoms with Crippen molar-refractivity contribution in [1.82, 2.24) is 9.88 Å². The Morgan fingerprint density at radius 1 is 1.21 bits per heavy atom. The van der Waals surface area contributed by atoms with Gasteiger partial charge in [-0.05, 0) is 31.7 Å². The van der Waals surface area contributed by atoms with E-state index in [2.05, 4.69) is 23.8 Å².